The summed E-state index contributed by atoms with van der Waals surface area (Å²) in [6, 6.07) is 15.6. The van der Waals surface area contributed by atoms with Crippen LogP contribution in [0.15, 0.2) is 65.1 Å². The molecule has 0 atom stereocenters. The fourth-order valence-corrected chi connectivity index (χ4v) is 3.29. The van der Waals surface area contributed by atoms with Gasteiger partial charge in [0.2, 0.25) is 11.7 Å². The molecule has 0 saturated heterocycles. The topological polar surface area (TPSA) is 108 Å². The van der Waals surface area contributed by atoms with E-state index < -0.39 is 10.9 Å². The Hall–Kier alpha value is -3.43. The summed E-state index contributed by atoms with van der Waals surface area (Å²) in [5.41, 5.74) is 0.964. The average Bonchev–Trinajstić information content (AvgIpc) is 2.75. The van der Waals surface area contributed by atoms with Crippen LogP contribution in [0.2, 0.25) is 5.02 Å². The quantitative estimate of drug-likeness (QED) is 0.229. The highest BCUT2D eigenvalue weighted by Crippen LogP contribution is 2.37. The minimum absolute atomic E-state index is 0.0304. The lowest BCUT2D eigenvalue weighted by Crippen LogP contribution is -2.13. The Labute approximate surface area is 196 Å². The Balaban J connectivity index is 1.69. The Kier molecular flexibility index (Phi) is 7.45. The molecule has 1 N–H and O–H groups in total. The molecule has 32 heavy (non-hydrogen) atoms. The van der Waals surface area contributed by atoms with Crippen LogP contribution in [-0.4, -0.2) is 16.8 Å². The van der Waals surface area contributed by atoms with Gasteiger partial charge in [0.05, 0.1) is 21.2 Å². The largest absolute Gasteiger partial charge is 0.457 e. The van der Waals surface area contributed by atoms with Crippen LogP contribution in [0.3, 0.4) is 0 Å². The Morgan fingerprint density at radius 2 is 1.84 bits per heavy atom. The van der Waals surface area contributed by atoms with Gasteiger partial charge in [-0.2, -0.15) is 0 Å². The van der Waals surface area contributed by atoms with Crippen molar-refractivity contribution in [3.8, 4) is 11.5 Å². The lowest BCUT2D eigenvalue weighted by Gasteiger charge is -2.11. The minimum Gasteiger partial charge on any atom is -0.457 e. The number of halogens is 2. The number of ether oxygens (including phenoxy) is 2. The summed E-state index contributed by atoms with van der Waals surface area (Å²) in [4.78, 5) is 34.5. The maximum atomic E-state index is 12.5. The van der Waals surface area contributed by atoms with E-state index in [1.807, 2.05) is 0 Å². The normalized spacial score (nSPS) is 10.3. The number of nitro benzene ring substituents is 1. The fourth-order valence-electron chi connectivity index (χ4n) is 2.72. The number of nitro groups is 1. The molecule has 1 amide bonds. The number of hydrogen-bond donors (Lipinski definition) is 1. The van der Waals surface area contributed by atoms with Crippen molar-refractivity contribution in [2.45, 2.75) is 13.5 Å². The molecular formula is C22H16BrClN2O6. The van der Waals surface area contributed by atoms with E-state index >= 15 is 0 Å². The van der Waals surface area contributed by atoms with Crippen LogP contribution in [0, 0.1) is 10.1 Å². The van der Waals surface area contributed by atoms with E-state index in [4.69, 9.17) is 21.1 Å². The first-order valence-electron chi connectivity index (χ1n) is 9.18. The number of anilines is 1. The average molecular weight is 520 g/mol. The zero-order valence-corrected chi connectivity index (χ0v) is 19.0. The van der Waals surface area contributed by atoms with Crippen LogP contribution in [0.1, 0.15) is 22.8 Å². The number of para-hydroxylation sites is 1. The first kappa shape index (κ1) is 23.2. The molecule has 0 saturated carbocycles. The van der Waals surface area contributed by atoms with Gasteiger partial charge in [-0.3, -0.25) is 14.9 Å². The summed E-state index contributed by atoms with van der Waals surface area (Å²) in [5, 5.41) is 13.9. The van der Waals surface area contributed by atoms with Crippen LogP contribution in [0.4, 0.5) is 11.4 Å². The third-order valence-corrected chi connectivity index (χ3v) is 4.96. The van der Waals surface area contributed by atoms with Crippen molar-refractivity contribution in [3.63, 3.8) is 0 Å². The van der Waals surface area contributed by atoms with Crippen LogP contribution >= 0.6 is 27.5 Å². The predicted molar refractivity (Wildman–Crippen MR) is 122 cm³/mol. The molecule has 10 heteroatoms. The van der Waals surface area contributed by atoms with E-state index in [-0.39, 0.29) is 34.5 Å². The second kappa shape index (κ2) is 10.3. The molecule has 0 aliphatic heterocycles. The molecule has 164 valence electrons. The smallest absolute Gasteiger partial charge is 0.340 e. The van der Waals surface area contributed by atoms with E-state index in [0.717, 1.165) is 0 Å². The second-order valence-electron chi connectivity index (χ2n) is 6.54. The van der Waals surface area contributed by atoms with Gasteiger partial charge in [0.1, 0.15) is 12.4 Å². The molecule has 0 aromatic heterocycles. The number of rotatable bonds is 7. The lowest BCUT2D eigenvalue weighted by molar-refractivity contribution is -0.385. The predicted octanol–water partition coefficient (Wildman–Crippen LogP) is 6.12. The van der Waals surface area contributed by atoms with Crippen molar-refractivity contribution in [1.29, 1.82) is 0 Å². The monoisotopic (exact) mass is 518 g/mol. The van der Waals surface area contributed by atoms with Crippen molar-refractivity contribution in [1.82, 2.24) is 0 Å². The maximum absolute atomic E-state index is 12.5. The highest BCUT2D eigenvalue weighted by atomic mass is 79.9. The SMILES string of the molecule is CC(=O)Nc1ccc(Br)cc1C(=O)OCc1ccc(Oc2c(Cl)cccc2[N+](=O)[O-])cc1. The molecular weight excluding hydrogens is 504 g/mol. The molecule has 0 heterocycles. The highest BCUT2D eigenvalue weighted by Gasteiger charge is 2.19. The summed E-state index contributed by atoms with van der Waals surface area (Å²) in [6.45, 7) is 1.31. The van der Waals surface area contributed by atoms with E-state index in [1.54, 1.807) is 42.5 Å². The lowest BCUT2D eigenvalue weighted by atomic mass is 10.1. The van der Waals surface area contributed by atoms with Crippen molar-refractivity contribution in [3.05, 3.63) is 91.4 Å². The van der Waals surface area contributed by atoms with E-state index in [9.17, 15) is 19.7 Å². The molecule has 3 aromatic carbocycles. The van der Waals surface area contributed by atoms with E-state index in [0.29, 0.717) is 21.5 Å². The fraction of sp³-hybridized carbons (Fsp3) is 0.0909. The standard InChI is InChI=1S/C22H16BrClN2O6/c1-13(27)25-19-10-7-15(23)11-17(19)22(28)31-12-14-5-8-16(9-6-14)32-21-18(24)3-2-4-20(21)26(29)30/h2-11H,12H2,1H3,(H,25,27). The van der Waals surface area contributed by atoms with Crippen molar-refractivity contribution < 1.29 is 24.0 Å². The van der Waals surface area contributed by atoms with Gasteiger partial charge in [-0.25, -0.2) is 4.79 Å². The first-order valence-corrected chi connectivity index (χ1v) is 10.4. The Bertz CT molecular complexity index is 1180. The molecule has 0 fully saturated rings. The van der Waals surface area contributed by atoms with Gasteiger partial charge in [-0.05, 0) is 42.0 Å². The van der Waals surface area contributed by atoms with Gasteiger partial charge in [-0.15, -0.1) is 0 Å². The van der Waals surface area contributed by atoms with E-state index in [1.165, 1.54) is 25.1 Å². The third-order valence-electron chi connectivity index (χ3n) is 4.17. The Morgan fingerprint density at radius 3 is 2.50 bits per heavy atom. The van der Waals surface area contributed by atoms with Crippen LogP contribution in [0.25, 0.3) is 0 Å². The van der Waals surface area contributed by atoms with Gasteiger partial charge in [0.25, 0.3) is 0 Å². The van der Waals surface area contributed by atoms with E-state index in [2.05, 4.69) is 21.2 Å². The van der Waals surface area contributed by atoms with Crippen molar-refractivity contribution in [2.75, 3.05) is 5.32 Å². The number of carbonyl (C=O) groups is 2. The molecule has 0 radical (unpaired) electrons. The number of benzene rings is 3. The molecule has 0 unspecified atom stereocenters. The second-order valence-corrected chi connectivity index (χ2v) is 7.86. The molecule has 3 aromatic rings. The van der Waals surface area contributed by atoms with Crippen LogP contribution in [0.5, 0.6) is 11.5 Å². The van der Waals surface area contributed by atoms with Gasteiger partial charge < -0.3 is 14.8 Å². The molecule has 0 spiro atoms. The number of esters is 1. The number of amides is 1. The number of hydrogen-bond acceptors (Lipinski definition) is 6. The van der Waals surface area contributed by atoms with Gasteiger partial charge in [0, 0.05) is 17.5 Å². The zero-order valence-electron chi connectivity index (χ0n) is 16.6. The summed E-state index contributed by atoms with van der Waals surface area (Å²) < 4.78 is 11.6. The van der Waals surface area contributed by atoms with Crippen LogP contribution < -0.4 is 10.1 Å². The molecule has 0 bridgehead atoms. The molecule has 3 rings (SSSR count). The Morgan fingerprint density at radius 1 is 1.12 bits per heavy atom. The molecule has 0 aliphatic carbocycles. The highest BCUT2D eigenvalue weighted by molar-refractivity contribution is 9.10. The first-order chi connectivity index (χ1) is 15.2. The molecule has 8 nitrogen and oxygen atoms in total. The van der Waals surface area contributed by atoms with Crippen LogP contribution in [-0.2, 0) is 16.1 Å². The minimum atomic E-state index is -0.609. The zero-order chi connectivity index (χ0) is 23.3. The summed E-state index contributed by atoms with van der Waals surface area (Å²) in [6.07, 6.45) is 0. The van der Waals surface area contributed by atoms with Crippen molar-refractivity contribution in [2.24, 2.45) is 0 Å². The number of nitrogens with one attached hydrogen (secondary N) is 1. The third kappa shape index (κ3) is 5.83. The summed E-state index contributed by atoms with van der Waals surface area (Å²) in [5.74, 6) is -0.646. The van der Waals surface area contributed by atoms with Gasteiger partial charge >= 0.3 is 11.7 Å². The summed E-state index contributed by atoms with van der Waals surface area (Å²) in [7, 11) is 0. The van der Waals surface area contributed by atoms with Gasteiger partial charge in [-0.1, -0.05) is 45.7 Å². The number of nitrogens with zero attached hydrogens (tertiary/aromatic N) is 1. The van der Waals surface area contributed by atoms with Gasteiger partial charge in [0.15, 0.2) is 0 Å². The summed E-state index contributed by atoms with van der Waals surface area (Å²) >= 11 is 9.33. The maximum Gasteiger partial charge on any atom is 0.340 e. The number of carbonyl (C=O) groups excluding carboxylic acids is 2. The van der Waals surface area contributed by atoms with Crippen molar-refractivity contribution >= 4 is 50.8 Å². The molecule has 0 aliphatic rings.